The third-order valence-electron chi connectivity index (χ3n) is 8.02. The van der Waals surface area contributed by atoms with Crippen LogP contribution in [0.4, 0.5) is 8.78 Å². The van der Waals surface area contributed by atoms with Gasteiger partial charge in [-0.05, 0) is 42.7 Å². The van der Waals surface area contributed by atoms with Crippen molar-refractivity contribution in [2.45, 2.75) is 37.3 Å². The Bertz CT molecular complexity index is 1770. The Kier molecular flexibility index (Phi) is 7.49. The van der Waals surface area contributed by atoms with Crippen LogP contribution < -0.4 is 16.4 Å². The smallest absolute Gasteiger partial charge is 0.299 e. The molecule has 3 atom stereocenters. The minimum absolute atomic E-state index is 0.0722. The normalized spacial score (nSPS) is 18.8. The van der Waals surface area contributed by atoms with Crippen molar-refractivity contribution >= 4 is 34.9 Å². The summed E-state index contributed by atoms with van der Waals surface area (Å²) < 4.78 is 35.3. The molecule has 226 valence electrons. The summed E-state index contributed by atoms with van der Waals surface area (Å²) in [6.07, 6.45) is 3.18. The van der Waals surface area contributed by atoms with E-state index in [1.54, 1.807) is 36.6 Å². The van der Waals surface area contributed by atoms with Gasteiger partial charge in [0.05, 0.1) is 24.7 Å². The van der Waals surface area contributed by atoms with Gasteiger partial charge in [0, 0.05) is 39.1 Å². The van der Waals surface area contributed by atoms with E-state index < -0.39 is 36.4 Å². The number of nitrogen functional groups attached to an aromatic ring is 1. The largest absolute Gasteiger partial charge is 0.449 e. The number of amidine groups is 1. The van der Waals surface area contributed by atoms with Crippen molar-refractivity contribution in [3.8, 4) is 11.1 Å². The van der Waals surface area contributed by atoms with Crippen molar-refractivity contribution in [3.63, 3.8) is 0 Å². The molecule has 6 rings (SSSR count). The number of carbonyl (C=O) groups excluding carboxylic acids is 3. The summed E-state index contributed by atoms with van der Waals surface area (Å²) in [7, 11) is 0. The lowest BCUT2D eigenvalue weighted by Gasteiger charge is -2.25. The Morgan fingerprint density at radius 2 is 1.93 bits per heavy atom. The van der Waals surface area contributed by atoms with E-state index >= 15 is 0 Å². The zero-order valence-electron chi connectivity index (χ0n) is 23.5. The highest BCUT2D eigenvalue weighted by molar-refractivity contribution is 7.10. The van der Waals surface area contributed by atoms with E-state index in [9.17, 15) is 23.2 Å². The topological polar surface area (TPSA) is 154 Å². The number of fused-ring (bicyclic) bond motifs is 3. The van der Waals surface area contributed by atoms with E-state index in [1.165, 1.54) is 53.0 Å². The van der Waals surface area contributed by atoms with Gasteiger partial charge in [-0.2, -0.15) is 8.78 Å². The van der Waals surface area contributed by atoms with Crippen molar-refractivity contribution in [1.29, 1.82) is 5.41 Å². The number of nitrogens with two attached hydrogens (primary N) is 1. The molecule has 10 nitrogen and oxygen atoms in total. The van der Waals surface area contributed by atoms with E-state index in [4.69, 9.17) is 15.6 Å². The number of benzene rings is 2. The molecule has 2 aliphatic rings. The molecule has 1 aliphatic carbocycles. The standard InChI is InChI=1S/C31H28F2N6O4S/c1-16(25-12-19(15-44-25)27(34)35)38-29(42)24-11-18(30-36-8-9-43-30)14-39(24)26(40)13-37-28(41)17-6-7-23-21(10-17)20-4-2-3-5-22(20)31(23,32)33/h2-10,12,15-16,18,24H,11,13-14H2,1H3,(H3,34,35)(H,37,41)(H,38,42)/t16-,18?,24+/m1/s1. The zero-order valence-corrected chi connectivity index (χ0v) is 24.3. The summed E-state index contributed by atoms with van der Waals surface area (Å²) >= 11 is 1.36. The highest BCUT2D eigenvalue weighted by Gasteiger charge is 2.45. The summed E-state index contributed by atoms with van der Waals surface area (Å²) in [5.41, 5.74) is 6.59. The number of hydrogen-bond acceptors (Lipinski definition) is 7. The third kappa shape index (κ3) is 5.23. The van der Waals surface area contributed by atoms with Gasteiger partial charge in [-0.25, -0.2) is 4.98 Å². The minimum atomic E-state index is -3.17. The number of carbonyl (C=O) groups is 3. The molecule has 13 heteroatoms. The summed E-state index contributed by atoms with van der Waals surface area (Å²) in [5.74, 6) is -4.66. The molecule has 2 aromatic carbocycles. The Labute approximate surface area is 254 Å². The number of halogens is 2. The number of hydrogen-bond donors (Lipinski definition) is 4. The molecule has 44 heavy (non-hydrogen) atoms. The summed E-state index contributed by atoms with van der Waals surface area (Å²) in [4.78, 5) is 46.3. The summed E-state index contributed by atoms with van der Waals surface area (Å²) in [5, 5.41) is 14.9. The van der Waals surface area contributed by atoms with Gasteiger partial charge < -0.3 is 25.7 Å². The maximum atomic E-state index is 14.9. The van der Waals surface area contributed by atoms with Crippen LogP contribution in [0.1, 0.15) is 63.1 Å². The van der Waals surface area contributed by atoms with E-state index in [0.717, 1.165) is 4.88 Å². The average molecular weight is 619 g/mol. The van der Waals surface area contributed by atoms with Crippen LogP contribution in [-0.4, -0.2) is 52.6 Å². The Morgan fingerprint density at radius 3 is 2.66 bits per heavy atom. The molecule has 0 saturated carbocycles. The fourth-order valence-electron chi connectivity index (χ4n) is 5.76. The van der Waals surface area contributed by atoms with Crippen molar-refractivity contribution in [2.75, 3.05) is 13.1 Å². The monoisotopic (exact) mass is 618 g/mol. The maximum Gasteiger partial charge on any atom is 0.299 e. The first kappa shape index (κ1) is 29.2. The highest BCUT2D eigenvalue weighted by Crippen LogP contribution is 2.50. The molecule has 1 unspecified atom stereocenters. The van der Waals surface area contributed by atoms with Crippen molar-refractivity contribution in [2.24, 2.45) is 5.73 Å². The van der Waals surface area contributed by atoms with E-state index in [1.807, 2.05) is 0 Å². The van der Waals surface area contributed by atoms with Gasteiger partial charge in [0.1, 0.15) is 18.1 Å². The lowest BCUT2D eigenvalue weighted by Crippen LogP contribution is -2.49. The fourth-order valence-corrected chi connectivity index (χ4v) is 6.67. The molecule has 0 bridgehead atoms. The number of thiophene rings is 1. The van der Waals surface area contributed by atoms with Crippen LogP contribution in [-0.2, 0) is 15.5 Å². The second-order valence-electron chi connectivity index (χ2n) is 10.8. The van der Waals surface area contributed by atoms with E-state index in [-0.39, 0.29) is 52.9 Å². The van der Waals surface area contributed by atoms with Crippen LogP contribution in [0, 0.1) is 5.41 Å². The number of alkyl halides is 2. The fraction of sp³-hybridized carbons (Fsp3) is 0.258. The van der Waals surface area contributed by atoms with Gasteiger partial charge in [0.25, 0.3) is 11.8 Å². The number of aromatic nitrogens is 1. The van der Waals surface area contributed by atoms with Crippen LogP contribution in [0.25, 0.3) is 11.1 Å². The molecule has 1 aliphatic heterocycles. The molecule has 4 aromatic rings. The lowest BCUT2D eigenvalue weighted by molar-refractivity contribution is -0.138. The van der Waals surface area contributed by atoms with Crippen molar-refractivity contribution in [1.82, 2.24) is 20.5 Å². The Balaban J connectivity index is 1.16. The number of oxazole rings is 1. The van der Waals surface area contributed by atoms with Crippen LogP contribution in [0.5, 0.6) is 0 Å². The predicted octanol–water partition coefficient (Wildman–Crippen LogP) is 4.13. The number of rotatable bonds is 8. The molecular formula is C31H28F2N6O4S. The predicted molar refractivity (Wildman–Crippen MR) is 158 cm³/mol. The molecule has 2 aromatic heterocycles. The van der Waals surface area contributed by atoms with Crippen LogP contribution in [0.2, 0.25) is 0 Å². The Hall–Kier alpha value is -4.91. The van der Waals surface area contributed by atoms with Gasteiger partial charge in [0.2, 0.25) is 11.8 Å². The van der Waals surface area contributed by atoms with Gasteiger partial charge in [0.15, 0.2) is 5.89 Å². The molecule has 1 saturated heterocycles. The second-order valence-corrected chi connectivity index (χ2v) is 11.8. The molecule has 5 N–H and O–H groups in total. The number of amides is 3. The van der Waals surface area contributed by atoms with Crippen LogP contribution in [0.3, 0.4) is 0 Å². The van der Waals surface area contributed by atoms with E-state index in [0.29, 0.717) is 17.0 Å². The molecule has 3 heterocycles. The first-order chi connectivity index (χ1) is 21.0. The zero-order chi connectivity index (χ0) is 31.2. The maximum absolute atomic E-state index is 14.9. The van der Waals surface area contributed by atoms with Gasteiger partial charge in [-0.15, -0.1) is 11.3 Å². The number of nitrogens with zero attached hydrogens (tertiary/aromatic N) is 2. The number of likely N-dealkylation sites (tertiary alicyclic amines) is 1. The number of nitrogens with one attached hydrogen (secondary N) is 3. The summed E-state index contributed by atoms with van der Waals surface area (Å²) in [6.45, 7) is 1.54. The quantitative estimate of drug-likeness (QED) is 0.172. The molecule has 1 fully saturated rings. The highest BCUT2D eigenvalue weighted by atomic mass is 32.1. The molecular weight excluding hydrogens is 590 g/mol. The first-order valence-corrected chi connectivity index (χ1v) is 14.7. The van der Waals surface area contributed by atoms with Crippen LogP contribution in [0.15, 0.2) is 70.8 Å². The van der Waals surface area contributed by atoms with Gasteiger partial charge in [-0.3, -0.25) is 19.8 Å². The van der Waals surface area contributed by atoms with Gasteiger partial charge >= 0.3 is 0 Å². The molecule has 3 amide bonds. The first-order valence-electron chi connectivity index (χ1n) is 13.9. The molecule has 0 radical (unpaired) electrons. The van der Waals surface area contributed by atoms with Crippen molar-refractivity contribution in [3.05, 3.63) is 99.4 Å². The SMILES string of the molecule is C[C@@H](NC(=O)[C@@H]1CC(c2ncco2)CN1C(=O)CNC(=O)c1ccc2c(c1)-c1ccccc1C2(F)F)c1cc(C(=N)N)cs1. The van der Waals surface area contributed by atoms with E-state index in [2.05, 4.69) is 15.6 Å². The second kappa shape index (κ2) is 11.3. The van der Waals surface area contributed by atoms with Gasteiger partial charge in [-0.1, -0.05) is 30.3 Å². The summed E-state index contributed by atoms with van der Waals surface area (Å²) in [6, 6.07) is 10.6. The minimum Gasteiger partial charge on any atom is -0.449 e. The Morgan fingerprint density at radius 1 is 1.16 bits per heavy atom. The van der Waals surface area contributed by atoms with Crippen molar-refractivity contribution < 1.29 is 27.6 Å². The average Bonchev–Trinajstić information content (AvgIpc) is 3.82. The third-order valence-corrected chi connectivity index (χ3v) is 9.13. The lowest BCUT2D eigenvalue weighted by atomic mass is 10.0. The molecule has 0 spiro atoms. The van der Waals surface area contributed by atoms with Crippen LogP contribution >= 0.6 is 11.3 Å².